The Morgan fingerprint density at radius 2 is 1.96 bits per heavy atom. The molecule has 0 fully saturated rings. The Morgan fingerprint density at radius 1 is 1.21 bits per heavy atom. The highest BCUT2D eigenvalue weighted by Gasteiger charge is 2.18. The molecule has 0 saturated carbocycles. The predicted molar refractivity (Wildman–Crippen MR) is 94.0 cm³/mol. The summed E-state index contributed by atoms with van der Waals surface area (Å²) in [4.78, 5) is 19.8. The molecule has 0 spiro atoms. The first-order valence-electron chi connectivity index (χ1n) is 7.94. The number of aromatic nitrogens is 2. The Morgan fingerprint density at radius 3 is 2.62 bits per heavy atom. The van der Waals surface area contributed by atoms with Gasteiger partial charge in [-0.25, -0.2) is 0 Å². The van der Waals surface area contributed by atoms with E-state index in [-0.39, 0.29) is 12.5 Å². The molecule has 3 rings (SSSR count). The van der Waals surface area contributed by atoms with Crippen LogP contribution in [0, 0.1) is 20.8 Å². The van der Waals surface area contributed by atoms with Gasteiger partial charge in [-0.1, -0.05) is 18.2 Å². The number of aliphatic hydroxyl groups excluding tert-OH is 1. The third-order valence-electron chi connectivity index (χ3n) is 4.33. The van der Waals surface area contributed by atoms with Gasteiger partial charge in [-0.15, -0.1) is 0 Å². The van der Waals surface area contributed by atoms with E-state index in [9.17, 15) is 9.90 Å². The number of H-pyrrole nitrogens is 1. The maximum Gasteiger partial charge on any atom is 0.268 e. The largest absolute Gasteiger partial charge is 0.385 e. The Kier molecular flexibility index (Phi) is 4.36. The van der Waals surface area contributed by atoms with Crippen LogP contribution in [0.5, 0.6) is 0 Å². The van der Waals surface area contributed by atoms with Crippen LogP contribution in [0.1, 0.15) is 39.0 Å². The zero-order valence-corrected chi connectivity index (χ0v) is 14.1. The number of pyridine rings is 1. The van der Waals surface area contributed by atoms with Crippen LogP contribution in [0.25, 0.3) is 10.9 Å². The van der Waals surface area contributed by atoms with Gasteiger partial charge >= 0.3 is 0 Å². The molecular formula is C19H21N3O2. The molecule has 2 heterocycles. The zero-order chi connectivity index (χ0) is 17.3. The maximum absolute atomic E-state index is 12.5. The first kappa shape index (κ1) is 16.2. The van der Waals surface area contributed by atoms with Crippen molar-refractivity contribution in [1.29, 1.82) is 0 Å². The summed E-state index contributed by atoms with van der Waals surface area (Å²) < 4.78 is 0. The molecule has 1 atom stereocenters. The van der Waals surface area contributed by atoms with Crippen LogP contribution < -0.4 is 5.32 Å². The second-order valence-electron chi connectivity index (χ2n) is 6.05. The molecule has 0 saturated heterocycles. The highest BCUT2D eigenvalue weighted by molar-refractivity contribution is 6.02. The van der Waals surface area contributed by atoms with Crippen molar-refractivity contribution in [3.63, 3.8) is 0 Å². The smallest absolute Gasteiger partial charge is 0.268 e. The molecule has 124 valence electrons. The van der Waals surface area contributed by atoms with Crippen LogP contribution >= 0.6 is 0 Å². The molecule has 3 N–H and O–H groups in total. The number of rotatable bonds is 4. The number of aryl methyl sites for hydroxylation is 3. The van der Waals surface area contributed by atoms with Crippen molar-refractivity contribution >= 4 is 16.8 Å². The van der Waals surface area contributed by atoms with Crippen molar-refractivity contribution in [2.75, 3.05) is 6.54 Å². The van der Waals surface area contributed by atoms with Crippen LogP contribution in [-0.2, 0) is 0 Å². The lowest BCUT2D eigenvalue weighted by molar-refractivity contribution is 0.0909. The molecule has 1 amide bonds. The summed E-state index contributed by atoms with van der Waals surface area (Å²) in [7, 11) is 0. The molecule has 0 bridgehead atoms. The van der Waals surface area contributed by atoms with Gasteiger partial charge in [0.15, 0.2) is 0 Å². The number of nitrogens with one attached hydrogen (secondary N) is 2. The third kappa shape index (κ3) is 2.90. The monoisotopic (exact) mass is 323 g/mol. The van der Waals surface area contributed by atoms with Crippen LogP contribution in [0.2, 0.25) is 0 Å². The highest BCUT2D eigenvalue weighted by Crippen LogP contribution is 2.27. The van der Waals surface area contributed by atoms with E-state index in [1.165, 1.54) is 0 Å². The molecule has 1 aromatic carbocycles. The van der Waals surface area contributed by atoms with Gasteiger partial charge in [-0.3, -0.25) is 9.78 Å². The average molecular weight is 323 g/mol. The standard InChI is InChI=1S/C19H21N3O2/c1-11-7-8-12(2)17-16(11)13(3)18(22-17)19(24)21-10-15(23)14-6-4-5-9-20-14/h4-9,15,22-23H,10H2,1-3H3,(H,21,24)/t15-/m1/s1. The Labute approximate surface area is 140 Å². The molecule has 0 radical (unpaired) electrons. The number of carbonyl (C=O) groups excluding carboxylic acids is 1. The summed E-state index contributed by atoms with van der Waals surface area (Å²) in [5.74, 6) is -0.225. The minimum Gasteiger partial charge on any atom is -0.385 e. The quantitative estimate of drug-likeness (QED) is 0.691. The fraction of sp³-hybridized carbons (Fsp3) is 0.263. The molecule has 3 aromatic rings. The molecule has 0 unspecified atom stereocenters. The van der Waals surface area contributed by atoms with Crippen molar-refractivity contribution in [3.8, 4) is 0 Å². The molecule has 5 nitrogen and oxygen atoms in total. The van der Waals surface area contributed by atoms with Crippen LogP contribution in [0.3, 0.4) is 0 Å². The van der Waals surface area contributed by atoms with E-state index in [0.717, 1.165) is 27.6 Å². The molecule has 0 aliphatic carbocycles. The Balaban J connectivity index is 1.81. The van der Waals surface area contributed by atoms with E-state index in [1.54, 1.807) is 24.4 Å². The van der Waals surface area contributed by atoms with E-state index in [1.807, 2.05) is 26.8 Å². The minimum absolute atomic E-state index is 0.114. The number of amides is 1. The number of hydrogen-bond acceptors (Lipinski definition) is 3. The normalized spacial score (nSPS) is 12.3. The van der Waals surface area contributed by atoms with Gasteiger partial charge in [0, 0.05) is 23.6 Å². The number of aromatic amines is 1. The summed E-state index contributed by atoms with van der Waals surface area (Å²) >= 11 is 0. The van der Waals surface area contributed by atoms with Crippen molar-refractivity contribution in [1.82, 2.24) is 15.3 Å². The summed E-state index contributed by atoms with van der Waals surface area (Å²) in [5, 5.41) is 14.0. The summed E-state index contributed by atoms with van der Waals surface area (Å²) in [6, 6.07) is 9.43. The number of nitrogens with zero attached hydrogens (tertiary/aromatic N) is 1. The fourth-order valence-corrected chi connectivity index (χ4v) is 2.98. The van der Waals surface area contributed by atoms with Crippen LogP contribution in [-0.4, -0.2) is 27.5 Å². The lowest BCUT2D eigenvalue weighted by atomic mass is 10.0. The lowest BCUT2D eigenvalue weighted by Gasteiger charge is -2.11. The SMILES string of the molecule is Cc1ccc(C)c2c(C)c(C(=O)NC[C@@H](O)c3ccccn3)[nH]c12. The van der Waals surface area contributed by atoms with Crippen LogP contribution in [0.15, 0.2) is 36.5 Å². The van der Waals surface area contributed by atoms with Crippen molar-refractivity contribution in [2.24, 2.45) is 0 Å². The summed E-state index contributed by atoms with van der Waals surface area (Å²) in [6.07, 6.45) is 0.789. The Hall–Kier alpha value is -2.66. The first-order valence-corrected chi connectivity index (χ1v) is 7.94. The van der Waals surface area contributed by atoms with Crippen molar-refractivity contribution in [3.05, 3.63) is 64.6 Å². The summed E-state index contributed by atoms with van der Waals surface area (Å²) in [5.41, 5.74) is 5.23. The molecule has 5 heteroatoms. The average Bonchev–Trinajstić information content (AvgIpc) is 2.95. The fourth-order valence-electron chi connectivity index (χ4n) is 2.98. The van der Waals surface area contributed by atoms with Crippen LogP contribution in [0.4, 0.5) is 0 Å². The predicted octanol–water partition coefficient (Wildman–Crippen LogP) is 2.95. The number of benzene rings is 1. The van der Waals surface area contributed by atoms with Crippen molar-refractivity contribution in [2.45, 2.75) is 26.9 Å². The van der Waals surface area contributed by atoms with Gasteiger partial charge < -0.3 is 15.4 Å². The molecule has 24 heavy (non-hydrogen) atoms. The van der Waals surface area contributed by atoms with Gasteiger partial charge in [-0.2, -0.15) is 0 Å². The van der Waals surface area contributed by atoms with E-state index in [2.05, 4.69) is 21.4 Å². The van der Waals surface area contributed by atoms with E-state index >= 15 is 0 Å². The summed E-state index contributed by atoms with van der Waals surface area (Å²) in [6.45, 7) is 6.11. The topological polar surface area (TPSA) is 78.0 Å². The highest BCUT2D eigenvalue weighted by atomic mass is 16.3. The third-order valence-corrected chi connectivity index (χ3v) is 4.33. The van der Waals surface area contributed by atoms with Gasteiger partial charge in [-0.05, 0) is 49.6 Å². The zero-order valence-electron chi connectivity index (χ0n) is 14.1. The number of aliphatic hydroxyl groups is 1. The maximum atomic E-state index is 12.5. The second kappa shape index (κ2) is 6.45. The van der Waals surface area contributed by atoms with Gasteiger partial charge in [0.1, 0.15) is 11.8 Å². The van der Waals surface area contributed by atoms with Gasteiger partial charge in [0.05, 0.1) is 5.69 Å². The lowest BCUT2D eigenvalue weighted by Crippen LogP contribution is -2.29. The molecule has 2 aromatic heterocycles. The molecule has 0 aliphatic rings. The Bertz CT molecular complexity index is 885. The molecular weight excluding hydrogens is 302 g/mol. The number of carbonyl (C=O) groups is 1. The first-order chi connectivity index (χ1) is 11.5. The van der Waals surface area contributed by atoms with E-state index in [4.69, 9.17) is 0 Å². The molecule has 0 aliphatic heterocycles. The van der Waals surface area contributed by atoms with Gasteiger partial charge in [0.2, 0.25) is 0 Å². The van der Waals surface area contributed by atoms with E-state index < -0.39 is 6.10 Å². The van der Waals surface area contributed by atoms with E-state index in [0.29, 0.717) is 11.4 Å². The minimum atomic E-state index is -0.830. The number of fused-ring (bicyclic) bond motifs is 1. The second-order valence-corrected chi connectivity index (χ2v) is 6.05. The van der Waals surface area contributed by atoms with Gasteiger partial charge in [0.25, 0.3) is 5.91 Å². The van der Waals surface area contributed by atoms with Crippen molar-refractivity contribution < 1.29 is 9.90 Å². The number of hydrogen-bond donors (Lipinski definition) is 3.